The molecule has 0 radical (unpaired) electrons. The smallest absolute Gasteiger partial charge is 0.267 e. The zero-order chi connectivity index (χ0) is 18.9. The highest BCUT2D eigenvalue weighted by Crippen LogP contribution is 2.30. The van der Waals surface area contributed by atoms with Gasteiger partial charge in [0.05, 0.1) is 23.4 Å². The largest absolute Gasteiger partial charge is 0.367 e. The van der Waals surface area contributed by atoms with Crippen LogP contribution in [0.15, 0.2) is 35.6 Å². The summed E-state index contributed by atoms with van der Waals surface area (Å²) in [4.78, 5) is 25.4. The van der Waals surface area contributed by atoms with E-state index in [1.165, 1.54) is 12.8 Å². The Bertz CT molecular complexity index is 1050. The normalized spacial score (nSPS) is 22.0. The van der Waals surface area contributed by atoms with Gasteiger partial charge in [0.15, 0.2) is 0 Å². The second-order valence-electron chi connectivity index (χ2n) is 7.87. The fourth-order valence-corrected chi connectivity index (χ4v) is 4.52. The predicted molar refractivity (Wildman–Crippen MR) is 107 cm³/mol. The van der Waals surface area contributed by atoms with Gasteiger partial charge in [0.2, 0.25) is 0 Å². The molecule has 3 aromatic heterocycles. The quantitative estimate of drug-likeness (QED) is 0.756. The number of rotatable bonds is 3. The molecule has 0 bridgehead atoms. The Balaban J connectivity index is 1.30. The van der Waals surface area contributed by atoms with Gasteiger partial charge in [0.25, 0.3) is 5.56 Å². The van der Waals surface area contributed by atoms with E-state index in [1.54, 1.807) is 23.4 Å². The van der Waals surface area contributed by atoms with Crippen molar-refractivity contribution in [2.45, 2.75) is 63.5 Å². The van der Waals surface area contributed by atoms with E-state index in [2.05, 4.69) is 20.3 Å². The van der Waals surface area contributed by atoms with E-state index in [0.717, 1.165) is 66.5 Å². The van der Waals surface area contributed by atoms with Crippen LogP contribution in [0.1, 0.15) is 55.8 Å². The van der Waals surface area contributed by atoms with Gasteiger partial charge in [-0.05, 0) is 63.0 Å². The maximum atomic E-state index is 12.6. The van der Waals surface area contributed by atoms with Crippen molar-refractivity contribution in [3.05, 3.63) is 52.5 Å². The van der Waals surface area contributed by atoms with Crippen LogP contribution in [0, 0.1) is 0 Å². The number of fused-ring (bicyclic) bond motifs is 2. The van der Waals surface area contributed by atoms with Gasteiger partial charge in [-0.15, -0.1) is 0 Å². The number of aryl methyl sites for hydroxylation is 2. The van der Waals surface area contributed by atoms with Crippen LogP contribution in [-0.4, -0.2) is 30.8 Å². The minimum absolute atomic E-state index is 0.0614. The third-order valence-corrected chi connectivity index (χ3v) is 6.05. The second kappa shape index (κ2) is 7.30. The van der Waals surface area contributed by atoms with E-state index in [4.69, 9.17) is 5.10 Å². The highest BCUT2D eigenvalue weighted by molar-refractivity contribution is 5.87. The molecule has 3 aromatic rings. The molecule has 28 heavy (non-hydrogen) atoms. The first-order valence-electron chi connectivity index (χ1n) is 10.2. The van der Waals surface area contributed by atoms with Gasteiger partial charge in [-0.1, -0.05) is 0 Å². The highest BCUT2D eigenvalue weighted by Gasteiger charge is 2.25. The van der Waals surface area contributed by atoms with Crippen LogP contribution in [0.4, 0.5) is 5.82 Å². The third-order valence-electron chi connectivity index (χ3n) is 6.05. The average molecular weight is 376 g/mol. The number of aromatic nitrogens is 5. The number of hydrogen-bond donors (Lipinski definition) is 1. The van der Waals surface area contributed by atoms with Crippen LogP contribution in [0.5, 0.6) is 0 Å². The molecule has 5 rings (SSSR count). The molecular weight excluding hydrogens is 352 g/mol. The van der Waals surface area contributed by atoms with Crippen LogP contribution in [0.3, 0.4) is 0 Å². The third kappa shape index (κ3) is 3.25. The lowest BCUT2D eigenvalue weighted by atomic mass is 9.91. The Kier molecular flexibility index (Phi) is 4.50. The number of nitrogens with one attached hydrogen (secondary N) is 1. The first-order chi connectivity index (χ1) is 13.8. The Hall–Kier alpha value is -2.83. The summed E-state index contributed by atoms with van der Waals surface area (Å²) >= 11 is 0. The van der Waals surface area contributed by atoms with Crippen molar-refractivity contribution in [1.82, 2.24) is 24.7 Å². The summed E-state index contributed by atoms with van der Waals surface area (Å²) < 4.78 is 1.76. The molecule has 0 saturated heterocycles. The molecule has 0 amide bonds. The lowest BCUT2D eigenvalue weighted by molar-refractivity contribution is 0.300. The van der Waals surface area contributed by atoms with Gasteiger partial charge in [-0.25, -0.2) is 14.6 Å². The summed E-state index contributed by atoms with van der Waals surface area (Å²) in [5.74, 6) is 0.861. The summed E-state index contributed by atoms with van der Waals surface area (Å²) in [5.41, 5.74) is 3.20. The van der Waals surface area contributed by atoms with Crippen molar-refractivity contribution in [2.24, 2.45) is 0 Å². The van der Waals surface area contributed by atoms with E-state index in [0.29, 0.717) is 6.04 Å². The average Bonchev–Trinajstić information content (AvgIpc) is 2.74. The molecule has 1 N–H and O–H groups in total. The molecule has 2 aliphatic rings. The zero-order valence-electron chi connectivity index (χ0n) is 15.8. The SMILES string of the molecule is O=c1cc2c(nn1C1CCC(Nc3ncnc4cnccc34)CC1)CCCC2. The second-order valence-corrected chi connectivity index (χ2v) is 7.87. The van der Waals surface area contributed by atoms with E-state index in [-0.39, 0.29) is 11.6 Å². The van der Waals surface area contributed by atoms with Crippen molar-refractivity contribution >= 4 is 16.7 Å². The molecule has 1 fully saturated rings. The van der Waals surface area contributed by atoms with Crippen LogP contribution in [0.2, 0.25) is 0 Å². The van der Waals surface area contributed by atoms with Crippen molar-refractivity contribution in [3.63, 3.8) is 0 Å². The van der Waals surface area contributed by atoms with Crippen LogP contribution in [-0.2, 0) is 12.8 Å². The number of nitrogens with zero attached hydrogens (tertiary/aromatic N) is 5. The Morgan fingerprint density at radius 3 is 2.82 bits per heavy atom. The van der Waals surface area contributed by atoms with Crippen molar-refractivity contribution in [3.8, 4) is 0 Å². The summed E-state index contributed by atoms with van der Waals surface area (Å²) in [6, 6.07) is 4.31. The number of hydrogen-bond acceptors (Lipinski definition) is 6. The summed E-state index contributed by atoms with van der Waals surface area (Å²) in [6.07, 6.45) is 13.3. The summed E-state index contributed by atoms with van der Waals surface area (Å²) in [7, 11) is 0. The highest BCUT2D eigenvalue weighted by atomic mass is 16.1. The molecule has 0 aliphatic heterocycles. The monoisotopic (exact) mass is 376 g/mol. The van der Waals surface area contributed by atoms with Crippen molar-refractivity contribution in [2.75, 3.05) is 5.32 Å². The van der Waals surface area contributed by atoms with E-state index in [1.807, 2.05) is 12.1 Å². The maximum Gasteiger partial charge on any atom is 0.267 e. The number of pyridine rings is 1. The van der Waals surface area contributed by atoms with Gasteiger partial charge in [-0.3, -0.25) is 9.78 Å². The Morgan fingerprint density at radius 1 is 1.07 bits per heavy atom. The van der Waals surface area contributed by atoms with Gasteiger partial charge >= 0.3 is 0 Å². The Morgan fingerprint density at radius 2 is 1.93 bits per heavy atom. The van der Waals surface area contributed by atoms with Crippen LogP contribution in [0.25, 0.3) is 10.9 Å². The van der Waals surface area contributed by atoms with Gasteiger partial charge in [-0.2, -0.15) is 5.10 Å². The minimum atomic E-state index is 0.0614. The van der Waals surface area contributed by atoms with Gasteiger partial charge in [0, 0.05) is 23.7 Å². The standard InChI is InChI=1S/C21H24N6O/c28-20-11-14-3-1-2-4-18(14)26-27(20)16-7-5-15(6-8-16)25-21-17-9-10-22-12-19(17)23-13-24-21/h9-13,15-16H,1-8H2,(H,23,24,25). The fourth-order valence-electron chi connectivity index (χ4n) is 4.52. The molecule has 0 aromatic carbocycles. The predicted octanol–water partition coefficient (Wildman–Crippen LogP) is 3.06. The molecule has 0 spiro atoms. The van der Waals surface area contributed by atoms with Gasteiger partial charge < -0.3 is 5.32 Å². The molecule has 7 heteroatoms. The molecule has 7 nitrogen and oxygen atoms in total. The van der Waals surface area contributed by atoms with Crippen LogP contribution >= 0.6 is 0 Å². The lowest BCUT2D eigenvalue weighted by Crippen LogP contribution is -2.34. The molecular formula is C21H24N6O. The first-order valence-corrected chi connectivity index (χ1v) is 10.2. The Labute approximate surface area is 163 Å². The summed E-state index contributed by atoms with van der Waals surface area (Å²) in [6.45, 7) is 0. The van der Waals surface area contributed by atoms with Crippen molar-refractivity contribution < 1.29 is 0 Å². The lowest BCUT2D eigenvalue weighted by Gasteiger charge is -2.30. The fraction of sp³-hybridized carbons (Fsp3) is 0.476. The molecule has 0 unspecified atom stereocenters. The van der Waals surface area contributed by atoms with Gasteiger partial charge in [0.1, 0.15) is 12.1 Å². The topological polar surface area (TPSA) is 85.6 Å². The van der Waals surface area contributed by atoms with Crippen LogP contribution < -0.4 is 10.9 Å². The molecule has 3 heterocycles. The molecule has 2 aliphatic carbocycles. The molecule has 144 valence electrons. The van der Waals surface area contributed by atoms with E-state index >= 15 is 0 Å². The first kappa shape index (κ1) is 17.3. The minimum Gasteiger partial charge on any atom is -0.367 e. The maximum absolute atomic E-state index is 12.6. The zero-order valence-corrected chi connectivity index (χ0v) is 15.8. The van der Waals surface area contributed by atoms with E-state index in [9.17, 15) is 4.79 Å². The summed E-state index contributed by atoms with van der Waals surface area (Å²) in [5, 5.41) is 9.31. The molecule has 0 atom stereocenters. The number of anilines is 1. The van der Waals surface area contributed by atoms with Crippen molar-refractivity contribution in [1.29, 1.82) is 0 Å². The van der Waals surface area contributed by atoms with E-state index < -0.39 is 0 Å². The molecule has 1 saturated carbocycles.